The summed E-state index contributed by atoms with van der Waals surface area (Å²) in [6.07, 6.45) is 2.13. The van der Waals surface area contributed by atoms with Gasteiger partial charge in [0.15, 0.2) is 0 Å². The zero-order valence-corrected chi connectivity index (χ0v) is 14.9. The molecule has 0 spiro atoms. The summed E-state index contributed by atoms with van der Waals surface area (Å²) < 4.78 is 5.73. The van der Waals surface area contributed by atoms with Crippen molar-refractivity contribution in [3.63, 3.8) is 0 Å². The summed E-state index contributed by atoms with van der Waals surface area (Å²) >= 11 is 0. The Kier molecular flexibility index (Phi) is 7.55. The largest absolute Gasteiger partial charge is 0.495 e. The molecule has 6 nitrogen and oxygen atoms in total. The van der Waals surface area contributed by atoms with Crippen LogP contribution in [0.4, 0.5) is 0 Å². The molecule has 23 heavy (non-hydrogen) atoms. The van der Waals surface area contributed by atoms with Crippen molar-refractivity contribution in [2.75, 3.05) is 32.8 Å². The van der Waals surface area contributed by atoms with Crippen LogP contribution in [0.3, 0.4) is 0 Å². The van der Waals surface area contributed by atoms with E-state index in [2.05, 4.69) is 23.5 Å². The van der Waals surface area contributed by atoms with Gasteiger partial charge >= 0.3 is 5.71 Å². The fourth-order valence-electron chi connectivity index (χ4n) is 2.73. The van der Waals surface area contributed by atoms with Crippen molar-refractivity contribution >= 4 is 11.6 Å². The average molecular weight is 320 g/mol. The number of ether oxygens (including phenoxy) is 1. The van der Waals surface area contributed by atoms with E-state index in [1.165, 1.54) is 0 Å². The molecule has 0 bridgehead atoms. The number of amides is 1. The molecule has 0 aliphatic heterocycles. The monoisotopic (exact) mass is 320 g/mol. The second kappa shape index (κ2) is 9.16. The first-order chi connectivity index (χ1) is 11.1. The summed E-state index contributed by atoms with van der Waals surface area (Å²) in [5.41, 5.74) is 11.1. The standard InChI is InChI=1S/C17H28N4O2/c1-6-20(7-2)15-11-13(17(22)21(8-3)9-4)14(19-18)12-16(15)23-10-5/h11H,6-10,12H2,1-5H3. The van der Waals surface area contributed by atoms with Crippen LogP contribution in [-0.4, -0.2) is 59.0 Å². The van der Waals surface area contributed by atoms with Crippen LogP contribution in [-0.2, 0) is 9.53 Å². The minimum atomic E-state index is -0.108. The summed E-state index contributed by atoms with van der Waals surface area (Å²) in [7, 11) is 0. The van der Waals surface area contributed by atoms with Gasteiger partial charge in [-0.3, -0.25) is 4.79 Å². The van der Waals surface area contributed by atoms with Crippen LogP contribution in [0.2, 0.25) is 0 Å². The van der Waals surface area contributed by atoms with Crippen LogP contribution in [0, 0.1) is 0 Å². The van der Waals surface area contributed by atoms with Crippen LogP contribution >= 0.6 is 0 Å². The van der Waals surface area contributed by atoms with Crippen LogP contribution in [0.25, 0.3) is 5.53 Å². The first-order valence-corrected chi connectivity index (χ1v) is 8.40. The van der Waals surface area contributed by atoms with Gasteiger partial charge in [0.05, 0.1) is 12.3 Å². The third-order valence-electron chi connectivity index (χ3n) is 4.03. The van der Waals surface area contributed by atoms with Crippen LogP contribution in [0.15, 0.2) is 23.1 Å². The molecule has 1 rings (SSSR count). The quantitative estimate of drug-likeness (QED) is 0.509. The van der Waals surface area contributed by atoms with Crippen LogP contribution in [0.5, 0.6) is 0 Å². The molecule has 128 valence electrons. The third-order valence-corrected chi connectivity index (χ3v) is 4.03. The molecule has 0 atom stereocenters. The third kappa shape index (κ3) is 4.23. The van der Waals surface area contributed by atoms with Gasteiger partial charge in [-0.15, -0.1) is 0 Å². The second-order valence-electron chi connectivity index (χ2n) is 5.17. The maximum Gasteiger partial charge on any atom is 0.312 e. The smallest absolute Gasteiger partial charge is 0.312 e. The Morgan fingerprint density at radius 1 is 1.17 bits per heavy atom. The molecule has 0 aromatic carbocycles. The fraction of sp³-hybridized carbons (Fsp3) is 0.647. The first kappa shape index (κ1) is 19.0. The van der Waals surface area contributed by atoms with Gasteiger partial charge in [0.25, 0.3) is 5.91 Å². The lowest BCUT2D eigenvalue weighted by Crippen LogP contribution is -2.36. The van der Waals surface area contributed by atoms with Gasteiger partial charge in [0, 0.05) is 26.2 Å². The average Bonchev–Trinajstić information content (AvgIpc) is 2.57. The predicted octanol–water partition coefficient (Wildman–Crippen LogP) is 2.45. The van der Waals surface area contributed by atoms with Crippen molar-refractivity contribution in [2.45, 2.75) is 41.0 Å². The first-order valence-electron chi connectivity index (χ1n) is 8.40. The molecule has 0 radical (unpaired) electrons. The molecule has 0 N–H and O–H groups in total. The Morgan fingerprint density at radius 3 is 2.22 bits per heavy atom. The second-order valence-corrected chi connectivity index (χ2v) is 5.17. The molecule has 1 aliphatic carbocycles. The molecule has 0 fully saturated rings. The van der Waals surface area contributed by atoms with Crippen molar-refractivity contribution in [3.8, 4) is 0 Å². The van der Waals surface area contributed by atoms with Gasteiger partial charge < -0.3 is 20.1 Å². The summed E-state index contributed by atoms with van der Waals surface area (Å²) in [4.78, 5) is 19.9. The number of carbonyl (C=O) groups excluding carboxylic acids is 1. The Labute approximate surface area is 139 Å². The molecule has 0 unspecified atom stereocenters. The topological polar surface area (TPSA) is 69.2 Å². The highest BCUT2D eigenvalue weighted by Gasteiger charge is 2.33. The molecule has 6 heteroatoms. The minimum Gasteiger partial charge on any atom is -0.495 e. The lowest BCUT2D eigenvalue weighted by molar-refractivity contribution is -0.126. The van der Waals surface area contributed by atoms with Gasteiger partial charge in [-0.1, -0.05) is 0 Å². The van der Waals surface area contributed by atoms with Crippen LogP contribution < -0.4 is 0 Å². The molecular weight excluding hydrogens is 292 g/mol. The van der Waals surface area contributed by atoms with Gasteiger partial charge in [0.1, 0.15) is 17.8 Å². The molecule has 0 saturated carbocycles. The minimum absolute atomic E-state index is 0.108. The van der Waals surface area contributed by atoms with Crippen molar-refractivity contribution in [1.82, 2.24) is 9.80 Å². The SMILES string of the molecule is CCOC1=C(N(CC)CC)C=C(C(=O)N(CC)CC)C(=[N+]=[N-])C1. The summed E-state index contributed by atoms with van der Waals surface area (Å²) in [5, 5.41) is 0. The molecule has 0 heterocycles. The fourth-order valence-corrected chi connectivity index (χ4v) is 2.73. The van der Waals surface area contributed by atoms with E-state index in [9.17, 15) is 10.3 Å². The lowest BCUT2D eigenvalue weighted by Gasteiger charge is -2.28. The highest BCUT2D eigenvalue weighted by atomic mass is 16.5. The van der Waals surface area contributed by atoms with E-state index in [0.717, 1.165) is 24.5 Å². The zero-order chi connectivity index (χ0) is 17.4. The maximum absolute atomic E-state index is 12.7. The summed E-state index contributed by atoms with van der Waals surface area (Å²) in [6, 6.07) is 0. The highest BCUT2D eigenvalue weighted by molar-refractivity contribution is 6.21. The number of hydrogen-bond acceptors (Lipinski definition) is 3. The van der Waals surface area contributed by atoms with Crippen molar-refractivity contribution in [1.29, 1.82) is 0 Å². The molecular formula is C17H28N4O2. The van der Waals surface area contributed by atoms with E-state index in [4.69, 9.17) is 4.74 Å². The molecule has 0 saturated heterocycles. The van der Waals surface area contributed by atoms with Crippen molar-refractivity contribution in [2.24, 2.45) is 0 Å². The molecule has 1 aliphatic rings. The molecule has 1 amide bonds. The summed E-state index contributed by atoms with van der Waals surface area (Å²) in [6.45, 7) is 13.3. The predicted molar refractivity (Wildman–Crippen MR) is 90.8 cm³/mol. The number of hydrogen-bond donors (Lipinski definition) is 0. The van der Waals surface area contributed by atoms with Crippen molar-refractivity contribution < 1.29 is 14.3 Å². The van der Waals surface area contributed by atoms with Gasteiger partial charge in [0.2, 0.25) is 0 Å². The van der Waals surface area contributed by atoms with E-state index in [0.29, 0.717) is 37.4 Å². The Bertz CT molecular complexity index is 537. The molecule has 0 aromatic heterocycles. The maximum atomic E-state index is 12.7. The Balaban J connectivity index is 3.38. The van der Waals surface area contributed by atoms with Gasteiger partial charge in [-0.2, -0.15) is 4.79 Å². The van der Waals surface area contributed by atoms with E-state index >= 15 is 0 Å². The Morgan fingerprint density at radius 2 is 1.78 bits per heavy atom. The number of carbonyl (C=O) groups is 1. The number of likely N-dealkylation sites (N-methyl/N-ethyl adjacent to an activating group) is 2. The van der Waals surface area contributed by atoms with Crippen LogP contribution in [0.1, 0.15) is 41.0 Å². The number of nitrogens with zero attached hydrogens (tertiary/aromatic N) is 4. The number of rotatable bonds is 8. The molecule has 0 aromatic rings. The summed E-state index contributed by atoms with van der Waals surface area (Å²) in [5.74, 6) is 0.642. The van der Waals surface area contributed by atoms with Crippen molar-refractivity contribution in [3.05, 3.63) is 28.6 Å². The number of allylic oxidation sites excluding steroid dienone is 2. The van der Waals surface area contributed by atoms with E-state index in [1.807, 2.05) is 20.8 Å². The van der Waals surface area contributed by atoms with E-state index in [-0.39, 0.29) is 5.91 Å². The lowest BCUT2D eigenvalue weighted by atomic mass is 9.97. The van der Waals surface area contributed by atoms with E-state index in [1.54, 1.807) is 11.0 Å². The highest BCUT2D eigenvalue weighted by Crippen LogP contribution is 2.26. The Hall–Kier alpha value is -2.07. The van der Waals surface area contributed by atoms with E-state index < -0.39 is 0 Å². The van der Waals surface area contributed by atoms with Gasteiger partial charge in [-0.25, -0.2) is 0 Å². The zero-order valence-electron chi connectivity index (χ0n) is 14.9. The van der Waals surface area contributed by atoms with Gasteiger partial charge in [-0.05, 0) is 40.7 Å². The normalized spacial score (nSPS) is 14.3.